The van der Waals surface area contributed by atoms with E-state index in [2.05, 4.69) is 5.10 Å². The number of alkyl halides is 3. The summed E-state index contributed by atoms with van der Waals surface area (Å²) in [6.45, 7) is 0.422. The Morgan fingerprint density at radius 1 is 1.19 bits per heavy atom. The van der Waals surface area contributed by atoms with Crippen molar-refractivity contribution in [1.82, 2.24) is 15.2 Å². The van der Waals surface area contributed by atoms with Gasteiger partial charge in [-0.05, 0) is 18.4 Å². The smallest absolute Gasteiger partial charge is 0.314 e. The van der Waals surface area contributed by atoms with Crippen LogP contribution in [0, 0.1) is 11.3 Å². The van der Waals surface area contributed by atoms with E-state index in [9.17, 15) is 23.2 Å². The number of nitrogens with one attached hydrogen (secondary N) is 1. The molecule has 2 amide bonds. The lowest BCUT2D eigenvalue weighted by atomic mass is 9.80. The second kappa shape index (κ2) is 6.01. The van der Waals surface area contributed by atoms with E-state index >= 15 is 0 Å². The van der Waals surface area contributed by atoms with Crippen molar-refractivity contribution in [3.8, 4) is 6.07 Å². The van der Waals surface area contributed by atoms with Crippen LogP contribution >= 0.6 is 0 Å². The van der Waals surface area contributed by atoms with E-state index in [4.69, 9.17) is 0 Å². The number of rotatable bonds is 1. The number of carbonyl (C=O) groups excluding carboxylic acids is 1. The highest BCUT2D eigenvalue weighted by molar-refractivity contribution is 5.92. The van der Waals surface area contributed by atoms with E-state index in [1.807, 2.05) is 5.32 Å². The Morgan fingerprint density at radius 3 is 2.59 bits per heavy atom. The Labute approximate surface area is 153 Å². The molecule has 3 heterocycles. The summed E-state index contributed by atoms with van der Waals surface area (Å²) in [6.07, 6.45) is -1.86. The lowest BCUT2D eigenvalue weighted by molar-refractivity contribution is -0.186. The van der Waals surface area contributed by atoms with E-state index in [0.29, 0.717) is 18.8 Å². The first-order chi connectivity index (χ1) is 12.9. The largest absolute Gasteiger partial charge is 0.421 e. The number of nitrogens with zero attached hydrogens (tertiary/aromatic N) is 4. The fourth-order valence-corrected chi connectivity index (χ4v) is 3.84. The maximum Gasteiger partial charge on any atom is 0.421 e. The average Bonchev–Trinajstić information content (AvgIpc) is 2.84. The van der Waals surface area contributed by atoms with Crippen LogP contribution in [0.1, 0.15) is 31.2 Å². The highest BCUT2D eigenvalue weighted by Gasteiger charge is 2.65. The maximum absolute atomic E-state index is 14.4. The quantitative estimate of drug-likeness (QED) is 0.818. The summed E-state index contributed by atoms with van der Waals surface area (Å²) in [6, 6.07) is 7.74. The molecule has 27 heavy (non-hydrogen) atoms. The summed E-state index contributed by atoms with van der Waals surface area (Å²) in [5, 5.41) is 16.9. The summed E-state index contributed by atoms with van der Waals surface area (Å²) >= 11 is 0. The van der Waals surface area contributed by atoms with Crippen LogP contribution in [0.2, 0.25) is 0 Å². The van der Waals surface area contributed by atoms with Crippen LogP contribution in [-0.2, 0) is 5.54 Å². The minimum Gasteiger partial charge on any atom is -0.314 e. The highest BCUT2D eigenvalue weighted by Crippen LogP contribution is 2.49. The van der Waals surface area contributed by atoms with Crippen LogP contribution in [0.5, 0.6) is 0 Å². The van der Waals surface area contributed by atoms with Gasteiger partial charge in [0, 0.05) is 13.0 Å². The van der Waals surface area contributed by atoms with Gasteiger partial charge in [-0.15, -0.1) is 5.10 Å². The molecule has 3 aliphatic rings. The third kappa shape index (κ3) is 2.40. The molecule has 0 spiro atoms. The molecule has 6 nitrogen and oxygen atoms in total. The van der Waals surface area contributed by atoms with Crippen molar-refractivity contribution in [1.29, 1.82) is 5.26 Å². The van der Waals surface area contributed by atoms with Gasteiger partial charge in [-0.3, -0.25) is 0 Å². The normalized spacial score (nSPS) is 25.3. The Hall–Kier alpha value is -3.02. The zero-order valence-corrected chi connectivity index (χ0v) is 14.3. The predicted molar refractivity (Wildman–Crippen MR) is 89.8 cm³/mol. The molecule has 140 valence electrons. The predicted octanol–water partition coefficient (Wildman–Crippen LogP) is 3.41. The monoisotopic (exact) mass is 375 g/mol. The van der Waals surface area contributed by atoms with Crippen LogP contribution in [-0.4, -0.2) is 34.5 Å². The number of hydrogen-bond acceptors (Lipinski definition) is 4. The molecule has 0 aliphatic carbocycles. The zero-order valence-electron chi connectivity index (χ0n) is 14.3. The fraction of sp³-hybridized carbons (Fsp3) is 0.389. The molecule has 0 bridgehead atoms. The van der Waals surface area contributed by atoms with Gasteiger partial charge in [-0.1, -0.05) is 36.8 Å². The van der Waals surface area contributed by atoms with Gasteiger partial charge in [0.05, 0.1) is 0 Å². The molecular formula is C18H16F3N5O. The number of halogens is 3. The van der Waals surface area contributed by atoms with Crippen molar-refractivity contribution in [2.24, 2.45) is 5.10 Å². The molecule has 9 heteroatoms. The zero-order chi connectivity index (χ0) is 19.2. The lowest BCUT2D eigenvalue weighted by Crippen LogP contribution is -2.63. The van der Waals surface area contributed by atoms with Gasteiger partial charge in [-0.25, -0.2) is 4.79 Å². The number of urea groups is 1. The summed E-state index contributed by atoms with van der Waals surface area (Å²) in [4.78, 5) is 14.2. The molecule has 1 atom stereocenters. The fourth-order valence-electron chi connectivity index (χ4n) is 3.84. The summed E-state index contributed by atoms with van der Waals surface area (Å²) in [7, 11) is 0. The summed E-state index contributed by atoms with van der Waals surface area (Å²) in [5.74, 6) is 0.441. The van der Waals surface area contributed by atoms with Gasteiger partial charge >= 0.3 is 12.2 Å². The molecule has 1 unspecified atom stereocenters. The highest BCUT2D eigenvalue weighted by atomic mass is 19.4. The molecule has 0 aromatic heterocycles. The molecular weight excluding hydrogens is 359 g/mol. The van der Waals surface area contributed by atoms with Crippen LogP contribution in [0.4, 0.5) is 18.0 Å². The number of amidine groups is 1. The molecule has 0 saturated carbocycles. The molecule has 1 N–H and O–H groups in total. The molecule has 4 rings (SSSR count). The van der Waals surface area contributed by atoms with Gasteiger partial charge in [0.2, 0.25) is 5.54 Å². The first-order valence-electron chi connectivity index (χ1n) is 8.64. The number of fused-ring (bicyclic) bond motifs is 3. The third-order valence-electron chi connectivity index (χ3n) is 5.09. The number of carbonyl (C=O) groups is 1. The molecule has 1 fully saturated rings. The van der Waals surface area contributed by atoms with E-state index in [0.717, 1.165) is 24.3 Å². The average molecular weight is 375 g/mol. The molecule has 1 aromatic rings. The Balaban J connectivity index is 2.00. The van der Waals surface area contributed by atoms with E-state index in [-0.39, 0.29) is 11.4 Å². The van der Waals surface area contributed by atoms with Gasteiger partial charge in [0.1, 0.15) is 17.5 Å². The van der Waals surface area contributed by atoms with Crippen molar-refractivity contribution in [3.05, 3.63) is 47.3 Å². The number of benzene rings is 1. The van der Waals surface area contributed by atoms with Crippen LogP contribution in [0.25, 0.3) is 0 Å². The van der Waals surface area contributed by atoms with Crippen molar-refractivity contribution >= 4 is 11.9 Å². The Morgan fingerprint density at radius 2 is 1.93 bits per heavy atom. The first kappa shape index (κ1) is 17.4. The Bertz CT molecular complexity index is 886. The number of hydrazone groups is 1. The van der Waals surface area contributed by atoms with Gasteiger partial charge in [0.15, 0.2) is 5.82 Å². The molecule has 3 aliphatic heterocycles. The third-order valence-corrected chi connectivity index (χ3v) is 5.09. The van der Waals surface area contributed by atoms with Crippen molar-refractivity contribution in [2.45, 2.75) is 37.4 Å². The van der Waals surface area contributed by atoms with Crippen LogP contribution in [0.15, 0.2) is 46.8 Å². The number of hydrogen-bond donors (Lipinski definition) is 1. The maximum atomic E-state index is 14.4. The first-order valence-corrected chi connectivity index (χ1v) is 8.64. The minimum absolute atomic E-state index is 0.0840. The van der Waals surface area contributed by atoms with Crippen LogP contribution in [0.3, 0.4) is 0 Å². The van der Waals surface area contributed by atoms with E-state index in [1.165, 1.54) is 24.3 Å². The van der Waals surface area contributed by atoms with E-state index < -0.39 is 23.3 Å². The van der Waals surface area contributed by atoms with Gasteiger partial charge < -0.3 is 10.2 Å². The van der Waals surface area contributed by atoms with Gasteiger partial charge in [-0.2, -0.15) is 23.4 Å². The van der Waals surface area contributed by atoms with Gasteiger partial charge in [0.25, 0.3) is 0 Å². The van der Waals surface area contributed by atoms with E-state index in [1.54, 1.807) is 17.0 Å². The SMILES string of the molecule is N#CC1=C2N3CCCCCC3=NN2C(=O)NC1(c1ccccc1)C(F)(F)F. The van der Waals surface area contributed by atoms with Crippen molar-refractivity contribution in [2.75, 3.05) is 6.54 Å². The number of nitriles is 1. The molecule has 0 radical (unpaired) electrons. The topological polar surface area (TPSA) is 71.7 Å². The molecule has 1 saturated heterocycles. The second-order valence-corrected chi connectivity index (χ2v) is 6.64. The lowest BCUT2D eigenvalue weighted by Gasteiger charge is -2.42. The standard InChI is InChI=1S/C18H16F3N5O/c19-18(20,21)17(12-7-3-1-4-8-12)13(11-22)15-25-10-6-2-5-9-14(25)24-26(15)16(27)23-17/h1,3-4,7-8H,2,5-6,9-10H2,(H,23,27). The molecule has 1 aromatic carbocycles. The van der Waals surface area contributed by atoms with Crippen molar-refractivity contribution in [3.63, 3.8) is 0 Å². The van der Waals surface area contributed by atoms with Crippen LogP contribution < -0.4 is 5.32 Å². The number of amides is 2. The minimum atomic E-state index is -4.91. The van der Waals surface area contributed by atoms with Crippen molar-refractivity contribution < 1.29 is 18.0 Å². The Kier molecular flexibility index (Phi) is 3.87. The summed E-state index contributed by atoms with van der Waals surface area (Å²) in [5.41, 5.74) is -3.69. The second-order valence-electron chi connectivity index (χ2n) is 6.64. The summed E-state index contributed by atoms with van der Waals surface area (Å²) < 4.78 is 43.1.